The normalized spacial score (nSPS) is 17.8. The van der Waals surface area contributed by atoms with E-state index in [2.05, 4.69) is 5.32 Å². The first-order valence-corrected chi connectivity index (χ1v) is 6.64. The highest BCUT2D eigenvalue weighted by atomic mass is 16.3. The Labute approximate surface area is 111 Å². The van der Waals surface area contributed by atoms with Gasteiger partial charge in [0.2, 0.25) is 0 Å². The predicted octanol–water partition coefficient (Wildman–Crippen LogP) is -0.201. The molecule has 3 atom stereocenters. The molecule has 0 saturated heterocycles. The minimum Gasteiger partial charge on any atom is -0.392 e. The molecule has 110 valence electrons. The molecule has 4 N–H and O–H groups in total. The van der Waals surface area contributed by atoms with Gasteiger partial charge in [0.1, 0.15) is 0 Å². The molecule has 0 aromatic heterocycles. The highest BCUT2D eigenvalue weighted by molar-refractivity contribution is 4.83. The van der Waals surface area contributed by atoms with Crippen molar-refractivity contribution in [3.8, 4) is 0 Å². The van der Waals surface area contributed by atoms with Gasteiger partial charge in [-0.15, -0.1) is 0 Å². The standard InChI is InChI=1S/C13H30N2O3/c1-10(16)6-14-13(4,5)9-15(7-11(2)17)8-12(3)18/h10-12,14,16-18H,6-9H2,1-5H3. The molecule has 0 aromatic rings. The van der Waals surface area contributed by atoms with Crippen molar-refractivity contribution in [3.05, 3.63) is 0 Å². The van der Waals surface area contributed by atoms with E-state index in [1.54, 1.807) is 20.8 Å². The van der Waals surface area contributed by atoms with E-state index in [0.29, 0.717) is 26.2 Å². The lowest BCUT2D eigenvalue weighted by Gasteiger charge is -2.35. The van der Waals surface area contributed by atoms with Crippen LogP contribution in [0.3, 0.4) is 0 Å². The Hall–Kier alpha value is -0.200. The molecule has 0 spiro atoms. The molecule has 0 aliphatic carbocycles. The summed E-state index contributed by atoms with van der Waals surface area (Å²) < 4.78 is 0. The van der Waals surface area contributed by atoms with Gasteiger partial charge in [-0.1, -0.05) is 0 Å². The Bertz CT molecular complexity index is 208. The van der Waals surface area contributed by atoms with Crippen molar-refractivity contribution in [2.75, 3.05) is 26.2 Å². The van der Waals surface area contributed by atoms with Crippen LogP contribution in [0.1, 0.15) is 34.6 Å². The fraction of sp³-hybridized carbons (Fsp3) is 1.00. The van der Waals surface area contributed by atoms with Crippen LogP contribution in [0, 0.1) is 0 Å². The lowest BCUT2D eigenvalue weighted by Crippen LogP contribution is -2.53. The average Bonchev–Trinajstić information content (AvgIpc) is 2.11. The number of aliphatic hydroxyl groups excluding tert-OH is 3. The molecule has 0 bridgehead atoms. The Balaban J connectivity index is 4.34. The molecular formula is C13H30N2O3. The van der Waals surface area contributed by atoms with E-state index in [-0.39, 0.29) is 11.6 Å². The van der Waals surface area contributed by atoms with Gasteiger partial charge in [0.15, 0.2) is 0 Å². The molecule has 5 nitrogen and oxygen atoms in total. The van der Waals surface area contributed by atoms with Crippen molar-refractivity contribution in [1.29, 1.82) is 0 Å². The van der Waals surface area contributed by atoms with Crippen molar-refractivity contribution in [2.45, 2.75) is 58.5 Å². The van der Waals surface area contributed by atoms with Crippen molar-refractivity contribution < 1.29 is 15.3 Å². The molecule has 0 aromatic carbocycles. The molecule has 0 radical (unpaired) electrons. The van der Waals surface area contributed by atoms with Gasteiger partial charge in [-0.05, 0) is 34.6 Å². The lowest BCUT2D eigenvalue weighted by atomic mass is 10.0. The maximum atomic E-state index is 9.47. The maximum Gasteiger partial charge on any atom is 0.0639 e. The summed E-state index contributed by atoms with van der Waals surface area (Å²) in [7, 11) is 0. The van der Waals surface area contributed by atoms with E-state index < -0.39 is 12.2 Å². The molecule has 0 rings (SSSR count). The van der Waals surface area contributed by atoms with Gasteiger partial charge < -0.3 is 20.6 Å². The first kappa shape index (κ1) is 17.8. The minimum absolute atomic E-state index is 0.180. The van der Waals surface area contributed by atoms with Crippen LogP contribution in [0.25, 0.3) is 0 Å². The quantitative estimate of drug-likeness (QED) is 0.463. The third-order valence-electron chi connectivity index (χ3n) is 2.54. The van der Waals surface area contributed by atoms with E-state index in [4.69, 9.17) is 0 Å². The summed E-state index contributed by atoms with van der Waals surface area (Å²) in [5, 5.41) is 31.5. The molecule has 0 aliphatic heterocycles. The Kier molecular flexibility index (Phi) is 7.98. The van der Waals surface area contributed by atoms with Gasteiger partial charge in [-0.2, -0.15) is 0 Å². The highest BCUT2D eigenvalue weighted by Crippen LogP contribution is 2.07. The summed E-state index contributed by atoms with van der Waals surface area (Å²) in [6.45, 7) is 11.6. The Morgan fingerprint density at radius 1 is 0.944 bits per heavy atom. The van der Waals surface area contributed by atoms with Gasteiger partial charge >= 0.3 is 0 Å². The number of rotatable bonds is 9. The molecule has 18 heavy (non-hydrogen) atoms. The second-order valence-electron chi connectivity index (χ2n) is 6.01. The monoisotopic (exact) mass is 262 g/mol. The van der Waals surface area contributed by atoms with Crippen LogP contribution in [0.5, 0.6) is 0 Å². The van der Waals surface area contributed by atoms with Crippen LogP contribution in [-0.4, -0.2) is 70.2 Å². The van der Waals surface area contributed by atoms with Crippen molar-refractivity contribution >= 4 is 0 Å². The summed E-state index contributed by atoms with van der Waals surface area (Å²) in [4.78, 5) is 2.03. The van der Waals surface area contributed by atoms with Crippen molar-refractivity contribution in [2.24, 2.45) is 0 Å². The van der Waals surface area contributed by atoms with E-state index in [0.717, 1.165) is 0 Å². The van der Waals surface area contributed by atoms with Crippen molar-refractivity contribution in [1.82, 2.24) is 10.2 Å². The highest BCUT2D eigenvalue weighted by Gasteiger charge is 2.23. The number of nitrogens with one attached hydrogen (secondary N) is 1. The number of nitrogens with zero attached hydrogens (tertiary/aromatic N) is 1. The number of hydrogen-bond donors (Lipinski definition) is 4. The topological polar surface area (TPSA) is 76.0 Å². The minimum atomic E-state index is -0.420. The first-order chi connectivity index (χ1) is 8.12. The van der Waals surface area contributed by atoms with E-state index in [1.807, 2.05) is 18.7 Å². The Morgan fingerprint density at radius 3 is 1.72 bits per heavy atom. The first-order valence-electron chi connectivity index (χ1n) is 6.64. The zero-order chi connectivity index (χ0) is 14.3. The zero-order valence-electron chi connectivity index (χ0n) is 12.3. The fourth-order valence-corrected chi connectivity index (χ4v) is 1.99. The van der Waals surface area contributed by atoms with Crippen LogP contribution < -0.4 is 5.32 Å². The summed E-state index contributed by atoms with van der Waals surface area (Å²) >= 11 is 0. The largest absolute Gasteiger partial charge is 0.392 e. The third-order valence-corrected chi connectivity index (χ3v) is 2.54. The predicted molar refractivity (Wildman–Crippen MR) is 73.6 cm³/mol. The second kappa shape index (κ2) is 8.07. The molecule has 5 heteroatoms. The van der Waals surface area contributed by atoms with Gasteiger partial charge in [-0.3, -0.25) is 4.90 Å². The van der Waals surface area contributed by atoms with Gasteiger partial charge in [0, 0.05) is 31.7 Å². The van der Waals surface area contributed by atoms with Gasteiger partial charge in [0.25, 0.3) is 0 Å². The summed E-state index contributed by atoms with van der Waals surface area (Å²) in [6.07, 6.45) is -1.22. The van der Waals surface area contributed by atoms with E-state index >= 15 is 0 Å². The second-order valence-corrected chi connectivity index (χ2v) is 6.01. The molecule has 0 amide bonds. The Morgan fingerprint density at radius 2 is 1.39 bits per heavy atom. The summed E-state index contributed by atoms with van der Waals surface area (Å²) in [6, 6.07) is 0. The van der Waals surface area contributed by atoms with Crippen LogP contribution in [-0.2, 0) is 0 Å². The van der Waals surface area contributed by atoms with E-state index in [9.17, 15) is 15.3 Å². The molecule has 0 fully saturated rings. The molecular weight excluding hydrogens is 232 g/mol. The fourth-order valence-electron chi connectivity index (χ4n) is 1.99. The number of hydrogen-bond acceptors (Lipinski definition) is 5. The lowest BCUT2D eigenvalue weighted by molar-refractivity contribution is 0.0657. The van der Waals surface area contributed by atoms with Crippen LogP contribution in [0.4, 0.5) is 0 Å². The molecule has 0 aliphatic rings. The third kappa shape index (κ3) is 9.79. The van der Waals surface area contributed by atoms with Crippen molar-refractivity contribution in [3.63, 3.8) is 0 Å². The van der Waals surface area contributed by atoms with Crippen LogP contribution in [0.2, 0.25) is 0 Å². The smallest absolute Gasteiger partial charge is 0.0639 e. The van der Waals surface area contributed by atoms with Gasteiger partial charge in [0.05, 0.1) is 18.3 Å². The number of β-amino-alcohol motifs (C(OH)–C–C–N with tert-alkyl or cyclic N) is 1. The van der Waals surface area contributed by atoms with Gasteiger partial charge in [-0.25, -0.2) is 0 Å². The molecule has 3 unspecified atom stereocenters. The average molecular weight is 262 g/mol. The summed E-state index contributed by atoms with van der Waals surface area (Å²) in [5.74, 6) is 0. The number of aliphatic hydroxyl groups is 3. The maximum absolute atomic E-state index is 9.47. The van der Waals surface area contributed by atoms with E-state index in [1.165, 1.54) is 0 Å². The molecule has 0 heterocycles. The summed E-state index contributed by atoms with van der Waals surface area (Å²) in [5.41, 5.74) is -0.180. The molecule has 0 saturated carbocycles. The SMILES string of the molecule is CC(O)CNC(C)(C)CN(CC(C)O)CC(C)O. The van der Waals surface area contributed by atoms with Crippen LogP contribution in [0.15, 0.2) is 0 Å². The zero-order valence-corrected chi connectivity index (χ0v) is 12.3. The van der Waals surface area contributed by atoms with Crippen LogP contribution >= 0.6 is 0 Å².